The minimum atomic E-state index is -0.672. The molecule has 0 amide bonds. The average Bonchev–Trinajstić information content (AvgIpc) is 2.91. The van der Waals surface area contributed by atoms with Crippen LogP contribution in [0.3, 0.4) is 0 Å². The fourth-order valence-corrected chi connectivity index (χ4v) is 2.74. The van der Waals surface area contributed by atoms with Gasteiger partial charge in [0.05, 0.1) is 25.1 Å². The number of nitrogen functional groups attached to an aromatic ring is 1. The second-order valence-electron chi connectivity index (χ2n) is 4.96. The van der Waals surface area contributed by atoms with Crippen LogP contribution in [-0.4, -0.2) is 42.4 Å². The first-order chi connectivity index (χ1) is 9.52. The molecule has 0 aromatic carbocycles. The van der Waals surface area contributed by atoms with Gasteiger partial charge in [-0.25, -0.2) is 4.98 Å². The summed E-state index contributed by atoms with van der Waals surface area (Å²) in [4.78, 5) is 22.2. The zero-order valence-corrected chi connectivity index (χ0v) is 10.7. The van der Waals surface area contributed by atoms with Crippen LogP contribution in [0.2, 0.25) is 0 Å². The lowest BCUT2D eigenvalue weighted by Gasteiger charge is -2.15. The molecule has 0 spiro atoms. The molecule has 2 unspecified atom stereocenters. The van der Waals surface area contributed by atoms with Crippen molar-refractivity contribution in [3.63, 3.8) is 0 Å². The average molecular weight is 277 g/mol. The Morgan fingerprint density at radius 3 is 3.00 bits per heavy atom. The summed E-state index contributed by atoms with van der Waals surface area (Å²) in [7, 11) is 0. The van der Waals surface area contributed by atoms with Gasteiger partial charge in [0.1, 0.15) is 0 Å². The Bertz CT molecular complexity index is 734. The van der Waals surface area contributed by atoms with Crippen molar-refractivity contribution in [1.82, 2.24) is 19.5 Å². The van der Waals surface area contributed by atoms with E-state index in [-0.39, 0.29) is 30.0 Å². The summed E-state index contributed by atoms with van der Waals surface area (Å²) >= 11 is 0. The van der Waals surface area contributed by atoms with E-state index in [2.05, 4.69) is 21.5 Å². The number of aromatic nitrogens is 4. The molecule has 106 valence electrons. The van der Waals surface area contributed by atoms with Gasteiger partial charge in [-0.15, -0.1) is 0 Å². The number of hydrogen-bond acceptors (Lipinski definition) is 6. The number of nitrogens with zero attached hydrogens (tertiary/aromatic N) is 3. The molecule has 1 fully saturated rings. The molecule has 2 aromatic rings. The monoisotopic (exact) mass is 277 g/mol. The summed E-state index contributed by atoms with van der Waals surface area (Å²) in [5, 5.41) is 19.2. The number of H-pyrrole nitrogens is 1. The van der Waals surface area contributed by atoms with Gasteiger partial charge < -0.3 is 20.5 Å². The molecule has 3 atom stereocenters. The highest BCUT2D eigenvalue weighted by Gasteiger charge is 2.37. The van der Waals surface area contributed by atoms with Gasteiger partial charge in [0.15, 0.2) is 11.2 Å². The van der Waals surface area contributed by atoms with E-state index in [1.807, 2.05) is 0 Å². The standard InChI is InChI=1S/C12H15N5O3/c1-5-6(3-18)8(19)2-7(5)17-4-14-9-10(17)15-12(13)16-11(9)20/h4,6-8,18-19H,1-3H2,(H3,13,15,16,20)/t6?,7?,8-/m0/s1. The first-order valence-electron chi connectivity index (χ1n) is 6.23. The van der Waals surface area contributed by atoms with Crippen molar-refractivity contribution < 1.29 is 10.2 Å². The van der Waals surface area contributed by atoms with Crippen LogP contribution in [0.4, 0.5) is 5.95 Å². The van der Waals surface area contributed by atoms with E-state index in [1.54, 1.807) is 4.57 Å². The molecule has 0 bridgehead atoms. The number of nitrogens with one attached hydrogen (secondary N) is 1. The molecule has 2 heterocycles. The van der Waals surface area contributed by atoms with E-state index in [9.17, 15) is 15.0 Å². The number of aliphatic hydroxyl groups excluding tert-OH is 2. The molecule has 1 aliphatic carbocycles. The summed E-state index contributed by atoms with van der Waals surface area (Å²) in [6.07, 6.45) is 1.20. The molecular formula is C12H15N5O3. The number of nitrogens with two attached hydrogens (primary N) is 1. The van der Waals surface area contributed by atoms with Gasteiger partial charge in [-0.1, -0.05) is 6.58 Å². The SMILES string of the molecule is C=C1C(CO)[C@@H](O)CC1n1cnc2c(=O)[nH]c(N)nc21. The quantitative estimate of drug-likeness (QED) is 0.530. The maximum Gasteiger partial charge on any atom is 0.280 e. The van der Waals surface area contributed by atoms with Gasteiger partial charge in [0.25, 0.3) is 5.56 Å². The largest absolute Gasteiger partial charge is 0.396 e. The van der Waals surface area contributed by atoms with Crippen LogP contribution in [0.15, 0.2) is 23.3 Å². The molecule has 0 radical (unpaired) electrons. The minimum Gasteiger partial charge on any atom is -0.396 e. The molecule has 5 N–H and O–H groups in total. The Morgan fingerprint density at radius 1 is 1.60 bits per heavy atom. The predicted octanol–water partition coefficient (Wildman–Crippen LogP) is -0.828. The zero-order valence-electron chi connectivity index (χ0n) is 10.7. The minimum absolute atomic E-state index is 0.00659. The second kappa shape index (κ2) is 4.43. The van der Waals surface area contributed by atoms with Crippen molar-refractivity contribution in [2.75, 3.05) is 12.3 Å². The third kappa shape index (κ3) is 1.73. The Hall–Kier alpha value is -2.19. The van der Waals surface area contributed by atoms with Crippen LogP contribution >= 0.6 is 0 Å². The fraction of sp³-hybridized carbons (Fsp3) is 0.417. The van der Waals surface area contributed by atoms with Crippen molar-refractivity contribution in [2.45, 2.75) is 18.6 Å². The maximum absolute atomic E-state index is 11.7. The highest BCUT2D eigenvalue weighted by molar-refractivity contribution is 5.70. The Balaban J connectivity index is 2.12. The van der Waals surface area contributed by atoms with Gasteiger partial charge in [-0.05, 0) is 12.0 Å². The van der Waals surface area contributed by atoms with Crippen LogP contribution in [0, 0.1) is 5.92 Å². The smallest absolute Gasteiger partial charge is 0.280 e. The molecule has 0 aliphatic heterocycles. The second-order valence-corrected chi connectivity index (χ2v) is 4.96. The van der Waals surface area contributed by atoms with Crippen molar-refractivity contribution in [2.24, 2.45) is 5.92 Å². The normalized spacial score (nSPS) is 26.5. The highest BCUT2D eigenvalue weighted by atomic mass is 16.3. The molecule has 0 saturated heterocycles. The Labute approximate surface area is 113 Å². The van der Waals surface area contributed by atoms with Gasteiger partial charge in [-0.2, -0.15) is 4.98 Å². The van der Waals surface area contributed by atoms with Crippen molar-refractivity contribution in [3.05, 3.63) is 28.8 Å². The third-order valence-corrected chi connectivity index (χ3v) is 3.82. The first-order valence-corrected chi connectivity index (χ1v) is 6.23. The van der Waals surface area contributed by atoms with E-state index in [0.29, 0.717) is 17.6 Å². The lowest BCUT2D eigenvalue weighted by molar-refractivity contribution is 0.101. The zero-order chi connectivity index (χ0) is 14.4. The Kier molecular flexibility index (Phi) is 2.84. The summed E-state index contributed by atoms with van der Waals surface area (Å²) in [6.45, 7) is 3.76. The molecule has 3 rings (SSSR count). The topological polar surface area (TPSA) is 130 Å². The molecule has 1 saturated carbocycles. The van der Waals surface area contributed by atoms with E-state index in [0.717, 1.165) is 0 Å². The molecular weight excluding hydrogens is 262 g/mol. The molecule has 2 aromatic heterocycles. The van der Waals surface area contributed by atoms with Gasteiger partial charge in [0.2, 0.25) is 5.95 Å². The summed E-state index contributed by atoms with van der Waals surface area (Å²) in [6, 6.07) is -0.263. The number of anilines is 1. The number of aliphatic hydroxyl groups is 2. The summed E-state index contributed by atoms with van der Waals surface area (Å²) in [5.41, 5.74) is 6.37. The Morgan fingerprint density at radius 2 is 2.35 bits per heavy atom. The number of rotatable bonds is 2. The number of hydrogen-bond donors (Lipinski definition) is 4. The van der Waals surface area contributed by atoms with Crippen LogP contribution in [0.5, 0.6) is 0 Å². The molecule has 8 heteroatoms. The highest BCUT2D eigenvalue weighted by Crippen LogP contribution is 2.39. The molecule has 20 heavy (non-hydrogen) atoms. The molecule has 1 aliphatic rings. The van der Waals surface area contributed by atoms with Crippen LogP contribution in [-0.2, 0) is 0 Å². The fourth-order valence-electron chi connectivity index (χ4n) is 2.74. The van der Waals surface area contributed by atoms with Crippen LogP contribution in [0.1, 0.15) is 12.5 Å². The van der Waals surface area contributed by atoms with Gasteiger partial charge >= 0.3 is 0 Å². The van der Waals surface area contributed by atoms with Gasteiger partial charge in [0, 0.05) is 5.92 Å². The summed E-state index contributed by atoms with van der Waals surface area (Å²) in [5.74, 6) is -0.371. The van der Waals surface area contributed by atoms with Crippen molar-refractivity contribution >= 4 is 17.1 Å². The van der Waals surface area contributed by atoms with Crippen molar-refractivity contribution in [3.8, 4) is 0 Å². The van der Waals surface area contributed by atoms with E-state index in [4.69, 9.17) is 5.73 Å². The molecule has 8 nitrogen and oxygen atoms in total. The first kappa shape index (κ1) is 12.8. The predicted molar refractivity (Wildman–Crippen MR) is 71.9 cm³/mol. The number of aromatic amines is 1. The van der Waals surface area contributed by atoms with Crippen LogP contribution < -0.4 is 11.3 Å². The van der Waals surface area contributed by atoms with Crippen molar-refractivity contribution in [1.29, 1.82) is 0 Å². The number of imidazole rings is 1. The van der Waals surface area contributed by atoms with Gasteiger partial charge in [-0.3, -0.25) is 9.78 Å². The van der Waals surface area contributed by atoms with E-state index < -0.39 is 11.7 Å². The maximum atomic E-state index is 11.7. The number of fused-ring (bicyclic) bond motifs is 1. The third-order valence-electron chi connectivity index (χ3n) is 3.82. The van der Waals surface area contributed by atoms with E-state index >= 15 is 0 Å². The van der Waals surface area contributed by atoms with Crippen LogP contribution in [0.25, 0.3) is 11.2 Å². The lowest BCUT2D eigenvalue weighted by Crippen LogP contribution is -2.17. The summed E-state index contributed by atoms with van der Waals surface area (Å²) < 4.78 is 1.67. The van der Waals surface area contributed by atoms with E-state index in [1.165, 1.54) is 6.33 Å². The lowest BCUT2D eigenvalue weighted by atomic mass is 10.0.